The van der Waals surface area contributed by atoms with Crippen molar-refractivity contribution in [1.82, 2.24) is 0 Å². The van der Waals surface area contributed by atoms with Gasteiger partial charge in [0.15, 0.2) is 6.79 Å². The fourth-order valence-corrected chi connectivity index (χ4v) is 4.12. The van der Waals surface area contributed by atoms with E-state index in [0.717, 1.165) is 63.4 Å². The first kappa shape index (κ1) is 27.4. The first-order chi connectivity index (χ1) is 14.5. The van der Waals surface area contributed by atoms with Gasteiger partial charge in [-0.15, -0.1) is 0 Å². The molecule has 1 rings (SSSR count). The second-order valence-electron chi connectivity index (χ2n) is 9.78. The van der Waals surface area contributed by atoms with Crippen molar-refractivity contribution in [2.75, 3.05) is 20.0 Å². The average Bonchev–Trinajstić information content (AvgIpc) is 3.58. The zero-order valence-electron chi connectivity index (χ0n) is 20.7. The molecule has 30 heavy (non-hydrogen) atoms. The van der Waals surface area contributed by atoms with Crippen molar-refractivity contribution in [3.63, 3.8) is 0 Å². The van der Waals surface area contributed by atoms with Crippen LogP contribution in [0.2, 0.25) is 0 Å². The Labute approximate surface area is 186 Å². The average molecular weight is 427 g/mol. The number of rotatable bonds is 20. The summed E-state index contributed by atoms with van der Waals surface area (Å²) in [4.78, 5) is 13.3. The second-order valence-corrected chi connectivity index (χ2v) is 9.78. The lowest BCUT2D eigenvalue weighted by Gasteiger charge is -2.32. The monoisotopic (exact) mass is 426 g/mol. The van der Waals surface area contributed by atoms with Gasteiger partial charge in [0.05, 0.1) is 18.6 Å². The van der Waals surface area contributed by atoms with Gasteiger partial charge in [-0.2, -0.15) is 0 Å². The van der Waals surface area contributed by atoms with E-state index in [9.17, 15) is 4.79 Å². The molecule has 0 amide bonds. The van der Waals surface area contributed by atoms with Crippen LogP contribution in [-0.2, 0) is 19.0 Å². The van der Waals surface area contributed by atoms with E-state index in [1.165, 1.54) is 38.5 Å². The van der Waals surface area contributed by atoms with Crippen LogP contribution in [0.3, 0.4) is 0 Å². The third-order valence-electron chi connectivity index (χ3n) is 7.02. The molecule has 0 bridgehead atoms. The number of hydrogen-bond donors (Lipinski definition) is 0. The molecule has 0 saturated carbocycles. The summed E-state index contributed by atoms with van der Waals surface area (Å²) < 4.78 is 16.3. The lowest BCUT2D eigenvalue weighted by molar-refractivity contribution is -0.171. The Morgan fingerprint density at radius 1 is 0.933 bits per heavy atom. The van der Waals surface area contributed by atoms with Crippen molar-refractivity contribution in [2.24, 2.45) is 17.3 Å². The molecule has 0 N–H and O–H groups in total. The SMILES string of the molecule is CCCCC(CCCCCC(C)CC)(CCCC(C)CC)C(=O)OCOCC1CO1. The van der Waals surface area contributed by atoms with Gasteiger partial charge in [-0.25, -0.2) is 0 Å². The quantitative estimate of drug-likeness (QED) is 0.0887. The van der Waals surface area contributed by atoms with Crippen LogP contribution in [0.1, 0.15) is 118 Å². The minimum Gasteiger partial charge on any atom is -0.438 e. The van der Waals surface area contributed by atoms with Crippen LogP contribution in [0.15, 0.2) is 0 Å². The van der Waals surface area contributed by atoms with Crippen LogP contribution in [0.5, 0.6) is 0 Å². The number of ether oxygens (including phenoxy) is 3. The molecule has 0 spiro atoms. The van der Waals surface area contributed by atoms with Gasteiger partial charge < -0.3 is 14.2 Å². The van der Waals surface area contributed by atoms with Gasteiger partial charge in [0.1, 0.15) is 6.10 Å². The molecule has 1 aliphatic heterocycles. The van der Waals surface area contributed by atoms with Crippen molar-refractivity contribution in [3.8, 4) is 0 Å². The van der Waals surface area contributed by atoms with E-state index in [1.54, 1.807) is 0 Å². The molecule has 4 nitrogen and oxygen atoms in total. The third kappa shape index (κ3) is 11.7. The Hall–Kier alpha value is -0.610. The number of esters is 1. The molecule has 1 heterocycles. The second kappa shape index (κ2) is 16.1. The molecule has 0 radical (unpaired) electrons. The Balaban J connectivity index is 2.63. The molecule has 0 aromatic heterocycles. The minimum atomic E-state index is -0.334. The van der Waals surface area contributed by atoms with E-state index in [2.05, 4.69) is 34.6 Å². The Kier molecular flexibility index (Phi) is 14.7. The van der Waals surface area contributed by atoms with Crippen molar-refractivity contribution in [3.05, 3.63) is 0 Å². The standard InChI is InChI=1S/C26H50O4/c1-6-9-16-26(18-13-15-23(5)8-3,17-12-10-11-14-22(4)7-2)25(27)30-21-28-19-24-20-29-24/h22-24H,6-21H2,1-5H3. The molecule has 4 atom stereocenters. The number of unbranched alkanes of at least 4 members (excludes halogenated alkanes) is 3. The van der Waals surface area contributed by atoms with Crippen molar-refractivity contribution >= 4 is 5.97 Å². The largest absolute Gasteiger partial charge is 0.438 e. The summed E-state index contributed by atoms with van der Waals surface area (Å²) in [5.74, 6) is 1.50. The predicted molar refractivity (Wildman–Crippen MR) is 124 cm³/mol. The summed E-state index contributed by atoms with van der Waals surface area (Å²) in [6.45, 7) is 12.7. The van der Waals surface area contributed by atoms with Crippen molar-refractivity contribution in [2.45, 2.75) is 124 Å². The van der Waals surface area contributed by atoms with E-state index in [1.807, 2.05) is 0 Å². The third-order valence-corrected chi connectivity index (χ3v) is 7.02. The molecule has 4 heteroatoms. The summed E-state index contributed by atoms with van der Waals surface area (Å²) in [5, 5.41) is 0. The van der Waals surface area contributed by atoms with E-state index in [-0.39, 0.29) is 24.3 Å². The maximum absolute atomic E-state index is 13.3. The Morgan fingerprint density at radius 2 is 1.53 bits per heavy atom. The fraction of sp³-hybridized carbons (Fsp3) is 0.962. The Bertz CT molecular complexity index is 435. The zero-order valence-corrected chi connectivity index (χ0v) is 20.7. The molecule has 4 unspecified atom stereocenters. The van der Waals surface area contributed by atoms with E-state index < -0.39 is 0 Å². The van der Waals surface area contributed by atoms with Crippen molar-refractivity contribution in [1.29, 1.82) is 0 Å². The molecule has 1 saturated heterocycles. The van der Waals surface area contributed by atoms with Crippen LogP contribution < -0.4 is 0 Å². The highest BCUT2D eigenvalue weighted by molar-refractivity contribution is 5.76. The summed E-state index contributed by atoms with van der Waals surface area (Å²) in [7, 11) is 0. The molecular weight excluding hydrogens is 376 g/mol. The van der Waals surface area contributed by atoms with Crippen molar-refractivity contribution < 1.29 is 19.0 Å². The molecule has 1 fully saturated rings. The highest BCUT2D eigenvalue weighted by Gasteiger charge is 2.38. The lowest BCUT2D eigenvalue weighted by atomic mass is 9.73. The summed E-state index contributed by atoms with van der Waals surface area (Å²) >= 11 is 0. The van der Waals surface area contributed by atoms with Gasteiger partial charge in [-0.05, 0) is 31.1 Å². The van der Waals surface area contributed by atoms with Gasteiger partial charge in [-0.1, -0.05) is 98.8 Å². The lowest BCUT2D eigenvalue weighted by Crippen LogP contribution is -2.34. The first-order valence-corrected chi connectivity index (χ1v) is 12.8. The fourth-order valence-electron chi connectivity index (χ4n) is 4.12. The minimum absolute atomic E-state index is 0.0289. The molecule has 0 aromatic carbocycles. The van der Waals surface area contributed by atoms with E-state index in [4.69, 9.17) is 14.2 Å². The zero-order chi connectivity index (χ0) is 22.2. The summed E-state index contributed by atoms with van der Waals surface area (Å²) in [5.41, 5.74) is -0.334. The Morgan fingerprint density at radius 3 is 2.13 bits per heavy atom. The molecule has 178 valence electrons. The first-order valence-electron chi connectivity index (χ1n) is 12.8. The van der Waals surface area contributed by atoms with E-state index >= 15 is 0 Å². The van der Waals surface area contributed by atoms with Gasteiger partial charge in [0.2, 0.25) is 0 Å². The molecule has 1 aliphatic rings. The molecular formula is C26H50O4. The summed E-state index contributed by atoms with van der Waals surface area (Å²) in [6.07, 6.45) is 14.9. The van der Waals surface area contributed by atoms with Crippen LogP contribution in [0.25, 0.3) is 0 Å². The predicted octanol–water partition coefficient (Wildman–Crippen LogP) is 7.29. The normalized spacial score (nSPS) is 19.8. The molecule has 0 aromatic rings. The van der Waals surface area contributed by atoms with Gasteiger partial charge in [0, 0.05) is 0 Å². The smallest absolute Gasteiger partial charge is 0.314 e. The number of carbonyl (C=O) groups is 1. The highest BCUT2D eigenvalue weighted by Crippen LogP contribution is 2.39. The topological polar surface area (TPSA) is 48.1 Å². The number of hydrogen-bond acceptors (Lipinski definition) is 4. The summed E-state index contributed by atoms with van der Waals surface area (Å²) in [6, 6.07) is 0. The number of epoxide rings is 1. The van der Waals surface area contributed by atoms with Crippen LogP contribution >= 0.6 is 0 Å². The van der Waals surface area contributed by atoms with E-state index in [0.29, 0.717) is 6.61 Å². The maximum atomic E-state index is 13.3. The van der Waals surface area contributed by atoms with Gasteiger partial charge >= 0.3 is 5.97 Å². The highest BCUT2D eigenvalue weighted by atomic mass is 16.7. The number of carbonyl (C=O) groups excluding carboxylic acids is 1. The molecule has 0 aliphatic carbocycles. The van der Waals surface area contributed by atoms with Gasteiger partial charge in [0.25, 0.3) is 0 Å². The van der Waals surface area contributed by atoms with Crippen LogP contribution in [0.4, 0.5) is 0 Å². The van der Waals surface area contributed by atoms with Crippen LogP contribution in [-0.4, -0.2) is 32.1 Å². The van der Waals surface area contributed by atoms with Gasteiger partial charge in [-0.3, -0.25) is 4.79 Å². The van der Waals surface area contributed by atoms with Crippen LogP contribution in [0, 0.1) is 17.3 Å². The maximum Gasteiger partial charge on any atom is 0.314 e.